The minimum atomic E-state index is -4.45. The van der Waals surface area contributed by atoms with Crippen molar-refractivity contribution in [1.82, 2.24) is 0 Å². The Balaban J connectivity index is 2.69. The van der Waals surface area contributed by atoms with Crippen LogP contribution in [0.1, 0.15) is 17.9 Å². The molecule has 0 aliphatic carbocycles. The molecule has 1 rings (SSSR count). The van der Waals surface area contributed by atoms with E-state index in [1.807, 2.05) is 0 Å². The summed E-state index contributed by atoms with van der Waals surface area (Å²) >= 11 is 0. The van der Waals surface area contributed by atoms with Crippen LogP contribution < -0.4 is 0 Å². The van der Waals surface area contributed by atoms with Crippen molar-refractivity contribution in [2.24, 2.45) is 0 Å². The molecule has 0 aromatic carbocycles. The molecule has 5 heteroatoms. The number of carbonyl (C=O) groups is 1. The van der Waals surface area contributed by atoms with Crippen molar-refractivity contribution >= 4 is 6.29 Å². The largest absolute Gasteiger partial charge is 0.457 e. The van der Waals surface area contributed by atoms with Gasteiger partial charge in [0.1, 0.15) is 12.0 Å². The molecule has 0 saturated carbocycles. The van der Waals surface area contributed by atoms with E-state index in [-0.39, 0.29) is 18.6 Å². The van der Waals surface area contributed by atoms with E-state index >= 15 is 0 Å². The van der Waals surface area contributed by atoms with Gasteiger partial charge >= 0.3 is 6.18 Å². The van der Waals surface area contributed by atoms with Crippen molar-refractivity contribution in [2.75, 3.05) is 0 Å². The zero-order chi connectivity index (χ0) is 9.90. The van der Waals surface area contributed by atoms with Gasteiger partial charge in [-0.3, -0.25) is 0 Å². The average molecular weight is 192 g/mol. The van der Waals surface area contributed by atoms with Gasteiger partial charge in [0.05, 0.1) is 0 Å². The van der Waals surface area contributed by atoms with Crippen LogP contribution in [0, 0.1) is 0 Å². The first kappa shape index (κ1) is 9.83. The van der Waals surface area contributed by atoms with Crippen LogP contribution >= 0.6 is 0 Å². The monoisotopic (exact) mass is 192 g/mol. The molecule has 0 bridgehead atoms. The van der Waals surface area contributed by atoms with Gasteiger partial charge in [-0.25, -0.2) is 0 Å². The van der Waals surface area contributed by atoms with Gasteiger partial charge in [-0.05, 0) is 12.1 Å². The van der Waals surface area contributed by atoms with Crippen LogP contribution in [0.2, 0.25) is 0 Å². The lowest BCUT2D eigenvalue weighted by Crippen LogP contribution is -2.02. The Morgan fingerprint density at radius 3 is 2.54 bits per heavy atom. The molecule has 0 radical (unpaired) electrons. The number of rotatable bonds is 3. The maximum atomic E-state index is 12.0. The third-order valence-corrected chi connectivity index (χ3v) is 1.45. The first-order chi connectivity index (χ1) is 6.04. The SMILES string of the molecule is O=CCCc1ccc(C(F)(F)F)o1. The van der Waals surface area contributed by atoms with E-state index in [2.05, 4.69) is 4.42 Å². The van der Waals surface area contributed by atoms with Crippen molar-refractivity contribution in [3.05, 3.63) is 23.7 Å². The number of aldehydes is 1. The maximum absolute atomic E-state index is 12.0. The van der Waals surface area contributed by atoms with Gasteiger partial charge < -0.3 is 9.21 Å². The second-order valence-electron chi connectivity index (χ2n) is 2.47. The molecule has 1 heterocycles. The van der Waals surface area contributed by atoms with Crippen molar-refractivity contribution in [1.29, 1.82) is 0 Å². The van der Waals surface area contributed by atoms with E-state index in [0.29, 0.717) is 6.29 Å². The number of alkyl halides is 3. The lowest BCUT2D eigenvalue weighted by Gasteiger charge is -2.00. The van der Waals surface area contributed by atoms with E-state index in [1.165, 1.54) is 6.07 Å². The normalized spacial score (nSPS) is 11.6. The number of aryl methyl sites for hydroxylation is 1. The Hall–Kier alpha value is -1.26. The molecule has 0 aliphatic heterocycles. The number of furan rings is 1. The Bertz CT molecular complexity index is 288. The summed E-state index contributed by atoms with van der Waals surface area (Å²) in [5, 5.41) is 0. The highest BCUT2D eigenvalue weighted by Crippen LogP contribution is 2.30. The fourth-order valence-electron chi connectivity index (χ4n) is 0.866. The fourth-order valence-corrected chi connectivity index (χ4v) is 0.866. The first-order valence-corrected chi connectivity index (χ1v) is 3.63. The minimum absolute atomic E-state index is 0.171. The fraction of sp³-hybridized carbons (Fsp3) is 0.375. The second kappa shape index (κ2) is 3.64. The predicted molar refractivity (Wildman–Crippen MR) is 38.1 cm³/mol. The molecule has 0 amide bonds. The third-order valence-electron chi connectivity index (χ3n) is 1.45. The summed E-state index contributed by atoms with van der Waals surface area (Å²) in [6, 6.07) is 2.09. The molecule has 0 spiro atoms. The minimum Gasteiger partial charge on any atom is -0.457 e. The van der Waals surface area contributed by atoms with Crippen molar-refractivity contribution in [2.45, 2.75) is 19.0 Å². The van der Waals surface area contributed by atoms with E-state index in [4.69, 9.17) is 0 Å². The maximum Gasteiger partial charge on any atom is 0.449 e. The summed E-state index contributed by atoms with van der Waals surface area (Å²) < 4.78 is 40.3. The molecule has 0 unspecified atom stereocenters. The summed E-state index contributed by atoms with van der Waals surface area (Å²) in [6.07, 6.45) is -3.43. The number of hydrogen-bond donors (Lipinski definition) is 0. The van der Waals surface area contributed by atoms with Crippen LogP contribution in [-0.2, 0) is 17.4 Å². The Labute approximate surface area is 72.3 Å². The number of halogens is 3. The van der Waals surface area contributed by atoms with Gasteiger partial charge in [-0.2, -0.15) is 13.2 Å². The van der Waals surface area contributed by atoms with E-state index in [9.17, 15) is 18.0 Å². The van der Waals surface area contributed by atoms with Gasteiger partial charge in [0.2, 0.25) is 5.76 Å². The molecular formula is C8H7F3O2. The highest BCUT2D eigenvalue weighted by molar-refractivity contribution is 5.49. The van der Waals surface area contributed by atoms with E-state index < -0.39 is 11.9 Å². The van der Waals surface area contributed by atoms with Crippen LogP contribution in [0.3, 0.4) is 0 Å². The topological polar surface area (TPSA) is 30.2 Å². The van der Waals surface area contributed by atoms with Crippen LogP contribution in [0.4, 0.5) is 13.2 Å². The molecule has 0 fully saturated rings. The van der Waals surface area contributed by atoms with Crippen LogP contribution in [0.5, 0.6) is 0 Å². The summed E-state index contributed by atoms with van der Waals surface area (Å²) in [4.78, 5) is 9.92. The predicted octanol–water partition coefficient (Wildman–Crippen LogP) is 2.43. The summed E-state index contributed by atoms with van der Waals surface area (Å²) in [7, 11) is 0. The van der Waals surface area contributed by atoms with Crippen molar-refractivity contribution < 1.29 is 22.4 Å². The molecule has 0 aliphatic rings. The van der Waals surface area contributed by atoms with Gasteiger partial charge in [0.25, 0.3) is 0 Å². The molecule has 72 valence electrons. The summed E-state index contributed by atoms with van der Waals surface area (Å²) in [6.45, 7) is 0. The Kier molecular flexibility index (Phi) is 2.75. The van der Waals surface area contributed by atoms with Crippen molar-refractivity contribution in [3.63, 3.8) is 0 Å². The zero-order valence-electron chi connectivity index (χ0n) is 6.60. The molecular weight excluding hydrogens is 185 g/mol. The quantitative estimate of drug-likeness (QED) is 0.688. The highest BCUT2D eigenvalue weighted by atomic mass is 19.4. The Morgan fingerprint density at radius 2 is 2.08 bits per heavy atom. The molecule has 13 heavy (non-hydrogen) atoms. The van der Waals surface area contributed by atoms with Gasteiger partial charge in [0.15, 0.2) is 0 Å². The second-order valence-corrected chi connectivity index (χ2v) is 2.47. The zero-order valence-corrected chi connectivity index (χ0v) is 6.60. The van der Waals surface area contributed by atoms with Crippen LogP contribution in [0.25, 0.3) is 0 Å². The number of carbonyl (C=O) groups excluding carboxylic acids is 1. The average Bonchev–Trinajstić information content (AvgIpc) is 2.47. The molecule has 2 nitrogen and oxygen atoms in total. The summed E-state index contributed by atoms with van der Waals surface area (Å²) in [5.41, 5.74) is 0. The molecule has 0 N–H and O–H groups in total. The smallest absolute Gasteiger partial charge is 0.449 e. The Morgan fingerprint density at radius 1 is 1.38 bits per heavy atom. The lowest BCUT2D eigenvalue weighted by molar-refractivity contribution is -0.153. The molecule has 1 aromatic rings. The van der Waals surface area contributed by atoms with E-state index in [1.54, 1.807) is 0 Å². The van der Waals surface area contributed by atoms with Gasteiger partial charge in [-0.15, -0.1) is 0 Å². The van der Waals surface area contributed by atoms with Gasteiger partial charge in [-0.1, -0.05) is 0 Å². The first-order valence-electron chi connectivity index (χ1n) is 3.63. The van der Waals surface area contributed by atoms with Crippen molar-refractivity contribution in [3.8, 4) is 0 Å². The summed E-state index contributed by atoms with van der Waals surface area (Å²) in [5.74, 6) is -0.840. The van der Waals surface area contributed by atoms with E-state index in [0.717, 1.165) is 6.07 Å². The highest BCUT2D eigenvalue weighted by Gasteiger charge is 2.34. The van der Waals surface area contributed by atoms with Crippen LogP contribution in [-0.4, -0.2) is 6.29 Å². The van der Waals surface area contributed by atoms with Gasteiger partial charge in [0, 0.05) is 12.8 Å². The van der Waals surface area contributed by atoms with Crippen LogP contribution in [0.15, 0.2) is 16.5 Å². The molecule has 1 aromatic heterocycles. The molecule has 0 atom stereocenters. The molecule has 0 saturated heterocycles. The standard InChI is InChI=1S/C8H7F3O2/c9-8(10,11)7-4-3-6(13-7)2-1-5-12/h3-5H,1-2H2. The third kappa shape index (κ3) is 2.61. The lowest BCUT2D eigenvalue weighted by atomic mass is 10.3. The number of hydrogen-bond acceptors (Lipinski definition) is 2.